The number of esters is 1. The maximum absolute atomic E-state index is 11.5. The van der Waals surface area contributed by atoms with E-state index in [1.165, 1.54) is 0 Å². The number of carbonyl (C=O) groups is 2. The number of carbonyl (C=O) groups excluding carboxylic acids is 2. The van der Waals surface area contributed by atoms with E-state index in [1.54, 1.807) is 31.2 Å². The van der Waals surface area contributed by atoms with E-state index in [0.717, 1.165) is 6.92 Å². The van der Waals surface area contributed by atoms with E-state index >= 15 is 0 Å². The van der Waals surface area contributed by atoms with E-state index < -0.39 is 17.8 Å². The lowest BCUT2D eigenvalue weighted by atomic mass is 10.1. The van der Waals surface area contributed by atoms with E-state index in [-0.39, 0.29) is 24.0 Å². The lowest BCUT2D eigenvalue weighted by Crippen LogP contribution is -2.14. The molecular formula is C15H14ClNO6. The van der Waals surface area contributed by atoms with Gasteiger partial charge < -0.3 is 19.0 Å². The molecule has 7 nitrogen and oxygen atoms in total. The molecule has 0 radical (unpaired) electrons. The summed E-state index contributed by atoms with van der Waals surface area (Å²) in [6.45, 7) is 2.91. The van der Waals surface area contributed by atoms with Crippen LogP contribution in [-0.2, 0) is 9.53 Å². The predicted molar refractivity (Wildman–Crippen MR) is 82.8 cm³/mol. The quantitative estimate of drug-likeness (QED) is 0.822. The van der Waals surface area contributed by atoms with Crippen LogP contribution in [0.1, 0.15) is 13.8 Å². The normalized spacial score (nSPS) is 10.2. The zero-order chi connectivity index (χ0) is 17.0. The summed E-state index contributed by atoms with van der Waals surface area (Å²) in [5.74, 6) is -1.77. The van der Waals surface area contributed by atoms with Crippen molar-refractivity contribution in [2.45, 2.75) is 13.8 Å². The van der Waals surface area contributed by atoms with Gasteiger partial charge in [0, 0.05) is 12.5 Å². The highest BCUT2D eigenvalue weighted by Crippen LogP contribution is 2.47. The van der Waals surface area contributed by atoms with Gasteiger partial charge in [-0.3, -0.25) is 10.1 Å². The third-order valence-corrected chi connectivity index (χ3v) is 3.03. The molecule has 0 saturated carbocycles. The molecule has 0 atom stereocenters. The van der Waals surface area contributed by atoms with Crippen LogP contribution in [0.4, 0.5) is 10.7 Å². The third kappa shape index (κ3) is 3.75. The van der Waals surface area contributed by atoms with Crippen molar-refractivity contribution >= 4 is 29.5 Å². The van der Waals surface area contributed by atoms with E-state index in [1.807, 2.05) is 0 Å². The summed E-state index contributed by atoms with van der Waals surface area (Å²) in [6.07, 6.45) is -0.819. The number of halogens is 1. The molecule has 0 fully saturated rings. The number of furan rings is 1. The van der Waals surface area contributed by atoms with Gasteiger partial charge in [0.05, 0.1) is 11.6 Å². The first-order valence-electron chi connectivity index (χ1n) is 6.66. The first kappa shape index (κ1) is 16.7. The van der Waals surface area contributed by atoms with Crippen molar-refractivity contribution in [3.63, 3.8) is 0 Å². The zero-order valence-electron chi connectivity index (χ0n) is 12.4. The highest BCUT2D eigenvalue weighted by Gasteiger charge is 2.26. The van der Waals surface area contributed by atoms with Crippen molar-refractivity contribution in [1.29, 1.82) is 0 Å². The molecule has 1 aromatic carbocycles. The summed E-state index contributed by atoms with van der Waals surface area (Å²) in [6, 6.07) is 6.60. The van der Waals surface area contributed by atoms with Crippen LogP contribution < -0.4 is 10.1 Å². The molecule has 1 aromatic heterocycles. The minimum Gasteiger partial charge on any atom is -0.502 e. The van der Waals surface area contributed by atoms with E-state index in [4.69, 9.17) is 25.5 Å². The van der Waals surface area contributed by atoms with Crippen LogP contribution in [0, 0.1) is 0 Å². The van der Waals surface area contributed by atoms with E-state index in [9.17, 15) is 14.7 Å². The summed E-state index contributed by atoms with van der Waals surface area (Å²) in [5, 5.41) is 12.8. The second-order valence-electron chi connectivity index (χ2n) is 4.36. The van der Waals surface area contributed by atoms with Gasteiger partial charge in [0.1, 0.15) is 0 Å². The molecule has 0 unspecified atom stereocenters. The molecule has 0 aliphatic rings. The molecule has 8 heteroatoms. The van der Waals surface area contributed by atoms with Gasteiger partial charge in [-0.15, -0.1) is 0 Å². The second-order valence-corrected chi connectivity index (χ2v) is 4.76. The number of anilines is 1. The van der Waals surface area contributed by atoms with Crippen molar-refractivity contribution in [2.24, 2.45) is 0 Å². The summed E-state index contributed by atoms with van der Waals surface area (Å²) < 4.78 is 15.0. The Balaban J connectivity index is 2.49. The molecule has 1 amide bonds. The monoisotopic (exact) mass is 339 g/mol. The molecule has 2 N–H and O–H groups in total. The van der Waals surface area contributed by atoms with Crippen molar-refractivity contribution in [3.05, 3.63) is 29.3 Å². The molecule has 0 bridgehead atoms. The van der Waals surface area contributed by atoms with Gasteiger partial charge in [-0.1, -0.05) is 23.7 Å². The molecule has 0 aliphatic carbocycles. The first-order valence-corrected chi connectivity index (χ1v) is 7.04. The molecule has 0 saturated heterocycles. The number of aromatic hydroxyl groups is 1. The minimum absolute atomic E-state index is 0.0429. The summed E-state index contributed by atoms with van der Waals surface area (Å²) in [4.78, 5) is 22.7. The van der Waals surface area contributed by atoms with Gasteiger partial charge in [0.15, 0.2) is 5.76 Å². The van der Waals surface area contributed by atoms with Crippen molar-refractivity contribution in [2.75, 3.05) is 11.9 Å². The van der Waals surface area contributed by atoms with E-state index in [0.29, 0.717) is 10.6 Å². The Bertz CT molecular complexity index is 740. The molecule has 2 aromatic rings. The number of benzene rings is 1. The number of hydrogen-bond acceptors (Lipinski definition) is 6. The van der Waals surface area contributed by atoms with Gasteiger partial charge in [-0.2, -0.15) is 0 Å². The van der Waals surface area contributed by atoms with Crippen LogP contribution in [0.3, 0.4) is 0 Å². The molecule has 1 heterocycles. The highest BCUT2D eigenvalue weighted by molar-refractivity contribution is 6.33. The topological polar surface area (TPSA) is 98.0 Å². The summed E-state index contributed by atoms with van der Waals surface area (Å²) in [7, 11) is 0. The fourth-order valence-electron chi connectivity index (χ4n) is 1.82. The van der Waals surface area contributed by atoms with Gasteiger partial charge in [0.25, 0.3) is 5.88 Å². The Morgan fingerprint density at radius 3 is 2.65 bits per heavy atom. The molecule has 0 aliphatic heterocycles. The maximum Gasteiger partial charge on any atom is 0.414 e. The third-order valence-electron chi connectivity index (χ3n) is 2.70. The average molecular weight is 340 g/mol. The first-order chi connectivity index (χ1) is 10.9. The smallest absolute Gasteiger partial charge is 0.414 e. The van der Waals surface area contributed by atoms with Gasteiger partial charge in [0.2, 0.25) is 11.5 Å². The fourth-order valence-corrected chi connectivity index (χ4v) is 2.04. The summed E-state index contributed by atoms with van der Waals surface area (Å²) >= 11 is 6.06. The Morgan fingerprint density at radius 2 is 2.04 bits per heavy atom. The number of rotatable bonds is 4. The summed E-state index contributed by atoms with van der Waals surface area (Å²) in [5.41, 5.74) is 0.372. The Morgan fingerprint density at radius 1 is 1.35 bits per heavy atom. The van der Waals surface area contributed by atoms with Crippen LogP contribution in [0.25, 0.3) is 11.3 Å². The van der Waals surface area contributed by atoms with Crippen LogP contribution in [0.15, 0.2) is 28.7 Å². The van der Waals surface area contributed by atoms with Crippen LogP contribution >= 0.6 is 11.6 Å². The lowest BCUT2D eigenvalue weighted by molar-refractivity contribution is -0.132. The lowest BCUT2D eigenvalue weighted by Gasteiger charge is -2.04. The largest absolute Gasteiger partial charge is 0.502 e. The molecule has 23 heavy (non-hydrogen) atoms. The van der Waals surface area contributed by atoms with Crippen LogP contribution in [-0.4, -0.2) is 23.8 Å². The standard InChI is InChI=1S/C15H14ClNO6/c1-3-21-15(20)17-14-13(22-8(2)18)11(19)12(23-14)9-6-4-5-7-10(9)16/h4-7,19H,3H2,1-2H3,(H,17,20). The number of hydrogen-bond donors (Lipinski definition) is 2. The predicted octanol–water partition coefficient (Wildman–Crippen LogP) is 3.80. The maximum atomic E-state index is 11.5. The highest BCUT2D eigenvalue weighted by atomic mass is 35.5. The molecular weight excluding hydrogens is 326 g/mol. The van der Waals surface area contributed by atoms with Crippen molar-refractivity contribution < 1.29 is 28.6 Å². The van der Waals surface area contributed by atoms with Crippen LogP contribution in [0.2, 0.25) is 5.02 Å². The Hall–Kier alpha value is -2.67. The number of ether oxygens (including phenoxy) is 2. The van der Waals surface area contributed by atoms with Gasteiger partial charge in [-0.25, -0.2) is 4.79 Å². The van der Waals surface area contributed by atoms with E-state index in [2.05, 4.69) is 5.32 Å². The van der Waals surface area contributed by atoms with Crippen LogP contribution in [0.5, 0.6) is 11.5 Å². The Kier molecular flexibility index (Phi) is 5.13. The number of nitrogens with one attached hydrogen (secondary N) is 1. The molecule has 2 rings (SSSR count). The van der Waals surface area contributed by atoms with Gasteiger partial charge in [-0.05, 0) is 19.1 Å². The zero-order valence-corrected chi connectivity index (χ0v) is 13.1. The Labute approximate surface area is 136 Å². The fraction of sp³-hybridized carbons (Fsp3) is 0.200. The SMILES string of the molecule is CCOC(=O)Nc1oc(-c2ccccc2Cl)c(O)c1OC(C)=O. The molecule has 122 valence electrons. The van der Waals surface area contributed by atoms with Gasteiger partial charge >= 0.3 is 12.1 Å². The number of amides is 1. The average Bonchev–Trinajstić information content (AvgIpc) is 2.76. The minimum atomic E-state index is -0.819. The molecule has 0 spiro atoms. The van der Waals surface area contributed by atoms with Crippen molar-refractivity contribution in [1.82, 2.24) is 0 Å². The van der Waals surface area contributed by atoms with Crippen molar-refractivity contribution in [3.8, 4) is 22.8 Å². The second kappa shape index (κ2) is 7.06.